The smallest absolute Gasteiger partial charge is 0.165 e. The molecular weight excluding hydrogens is 273 g/mol. The molecule has 5 heteroatoms. The van der Waals surface area contributed by atoms with Gasteiger partial charge in [0, 0.05) is 31.7 Å². The number of benzene rings is 1. The average Bonchev–Trinajstić information content (AvgIpc) is 2.36. The topological polar surface area (TPSA) is 40.5 Å². The molecule has 1 aromatic carbocycles. The van der Waals surface area contributed by atoms with E-state index in [4.69, 9.17) is 28.3 Å². The molecule has 0 aliphatic rings. The second kappa shape index (κ2) is 7.74. The van der Waals surface area contributed by atoms with Crippen LogP contribution in [0.25, 0.3) is 0 Å². The number of carbonyl (C=O) groups is 1. The third-order valence-electron chi connectivity index (χ3n) is 2.67. The minimum atomic E-state index is -0.0154. The normalized spacial score (nSPS) is 10.9. The Morgan fingerprint density at radius 2 is 2.06 bits per heavy atom. The Balaban J connectivity index is 2.53. The molecule has 0 unspecified atom stereocenters. The van der Waals surface area contributed by atoms with Crippen molar-refractivity contribution in [2.75, 3.05) is 26.7 Å². The predicted molar refractivity (Wildman–Crippen MR) is 74.6 cm³/mol. The van der Waals surface area contributed by atoms with Gasteiger partial charge in [0.25, 0.3) is 0 Å². The Labute approximate surface area is 117 Å². The van der Waals surface area contributed by atoms with Crippen molar-refractivity contribution in [2.45, 2.75) is 12.8 Å². The second-order valence-corrected chi connectivity index (χ2v) is 4.94. The van der Waals surface area contributed by atoms with E-state index in [1.807, 2.05) is 11.9 Å². The second-order valence-electron chi connectivity index (χ2n) is 4.15. The van der Waals surface area contributed by atoms with Crippen molar-refractivity contribution in [1.29, 1.82) is 0 Å². The average molecular weight is 290 g/mol. The molecule has 0 aromatic heterocycles. The molecule has 0 bridgehead atoms. The number of ketones is 1. The van der Waals surface area contributed by atoms with Crippen LogP contribution in [0, 0.1) is 0 Å². The van der Waals surface area contributed by atoms with Gasteiger partial charge in [0.05, 0.1) is 10.0 Å². The van der Waals surface area contributed by atoms with E-state index in [-0.39, 0.29) is 12.4 Å². The maximum absolute atomic E-state index is 12.0. The lowest BCUT2D eigenvalue weighted by atomic mass is 10.1. The van der Waals surface area contributed by atoms with Crippen LogP contribution in [-0.4, -0.2) is 42.5 Å². The molecule has 0 atom stereocenters. The van der Waals surface area contributed by atoms with Gasteiger partial charge in [-0.2, -0.15) is 0 Å². The Bertz CT molecular complexity index is 410. The summed E-state index contributed by atoms with van der Waals surface area (Å²) < 4.78 is 0. The van der Waals surface area contributed by atoms with E-state index in [1.54, 1.807) is 18.2 Å². The Morgan fingerprint density at radius 3 is 2.72 bits per heavy atom. The summed E-state index contributed by atoms with van der Waals surface area (Å²) in [7, 11) is 1.92. The van der Waals surface area contributed by atoms with Crippen LogP contribution in [0.5, 0.6) is 0 Å². The van der Waals surface area contributed by atoms with Crippen molar-refractivity contribution < 1.29 is 9.90 Å². The Hall–Kier alpha value is -0.610. The molecule has 0 fully saturated rings. The van der Waals surface area contributed by atoms with Crippen LogP contribution in [0.4, 0.5) is 0 Å². The first-order valence-corrected chi connectivity index (χ1v) is 6.58. The van der Waals surface area contributed by atoms with E-state index < -0.39 is 0 Å². The number of Topliss-reactive ketones (excluding diaryl/α,β-unsaturated/α-hetero) is 1. The molecule has 18 heavy (non-hydrogen) atoms. The van der Waals surface area contributed by atoms with Crippen LogP contribution in [-0.2, 0) is 0 Å². The first-order valence-electron chi connectivity index (χ1n) is 5.83. The number of rotatable bonds is 7. The number of halogens is 2. The predicted octanol–water partition coefficient (Wildman–Crippen LogP) is 2.88. The van der Waals surface area contributed by atoms with E-state index >= 15 is 0 Å². The molecule has 0 saturated heterocycles. The molecule has 0 aliphatic carbocycles. The van der Waals surface area contributed by atoms with E-state index in [2.05, 4.69) is 0 Å². The van der Waals surface area contributed by atoms with Gasteiger partial charge in [-0.3, -0.25) is 4.79 Å². The van der Waals surface area contributed by atoms with Gasteiger partial charge in [-0.15, -0.1) is 0 Å². The number of aliphatic hydroxyl groups excluding tert-OH is 1. The van der Waals surface area contributed by atoms with Crippen LogP contribution in [0.2, 0.25) is 10.0 Å². The molecule has 1 N–H and O–H groups in total. The van der Waals surface area contributed by atoms with Gasteiger partial charge in [0.15, 0.2) is 5.78 Å². The van der Waals surface area contributed by atoms with Gasteiger partial charge in [-0.1, -0.05) is 29.3 Å². The molecule has 3 nitrogen and oxygen atoms in total. The third kappa shape index (κ3) is 4.58. The summed E-state index contributed by atoms with van der Waals surface area (Å²) in [6, 6.07) is 5.06. The summed E-state index contributed by atoms with van der Waals surface area (Å²) in [5.74, 6) is -0.0154. The molecule has 0 saturated carbocycles. The molecule has 0 spiro atoms. The lowest BCUT2D eigenvalue weighted by Gasteiger charge is -2.15. The Kier molecular flexibility index (Phi) is 6.65. The molecular formula is C13H17Cl2NO2. The lowest BCUT2D eigenvalue weighted by molar-refractivity contribution is 0.0968. The van der Waals surface area contributed by atoms with Crippen LogP contribution in [0.3, 0.4) is 0 Å². The fraction of sp³-hybridized carbons (Fsp3) is 0.462. The highest BCUT2D eigenvalue weighted by atomic mass is 35.5. The standard InChI is InChI=1S/C13H17Cl2NO2/c1-16(7-3-9-17)8-6-12(18)10-4-2-5-11(14)13(10)15/h2,4-5,17H,3,6-9H2,1H3. The molecule has 0 radical (unpaired) electrons. The molecule has 1 rings (SSSR count). The summed E-state index contributed by atoms with van der Waals surface area (Å²) in [4.78, 5) is 14.0. The maximum Gasteiger partial charge on any atom is 0.165 e. The molecule has 0 amide bonds. The van der Waals surface area contributed by atoms with E-state index in [1.165, 1.54) is 0 Å². The summed E-state index contributed by atoms with van der Waals surface area (Å²) in [6.45, 7) is 1.58. The largest absolute Gasteiger partial charge is 0.396 e. The van der Waals surface area contributed by atoms with Crippen molar-refractivity contribution in [3.63, 3.8) is 0 Å². The quantitative estimate of drug-likeness (QED) is 0.785. The third-order valence-corrected chi connectivity index (χ3v) is 3.49. The Morgan fingerprint density at radius 1 is 1.33 bits per heavy atom. The fourth-order valence-corrected chi connectivity index (χ4v) is 2.00. The number of hydrogen-bond donors (Lipinski definition) is 1. The summed E-state index contributed by atoms with van der Waals surface area (Å²) >= 11 is 11.9. The van der Waals surface area contributed by atoms with Crippen molar-refractivity contribution >= 4 is 29.0 Å². The zero-order valence-corrected chi connectivity index (χ0v) is 11.8. The first-order chi connectivity index (χ1) is 8.56. The zero-order chi connectivity index (χ0) is 13.5. The van der Waals surface area contributed by atoms with Crippen molar-refractivity contribution in [2.24, 2.45) is 0 Å². The SMILES string of the molecule is CN(CCCO)CCC(=O)c1cccc(Cl)c1Cl. The zero-order valence-electron chi connectivity index (χ0n) is 10.3. The van der Waals surface area contributed by atoms with Gasteiger partial charge >= 0.3 is 0 Å². The summed E-state index contributed by atoms with van der Waals surface area (Å²) in [5.41, 5.74) is 0.472. The monoisotopic (exact) mass is 289 g/mol. The number of nitrogens with zero attached hydrogens (tertiary/aromatic N) is 1. The van der Waals surface area contributed by atoms with Crippen molar-refractivity contribution in [3.8, 4) is 0 Å². The highest BCUT2D eigenvalue weighted by Crippen LogP contribution is 2.26. The molecule has 1 aromatic rings. The number of aliphatic hydroxyl groups is 1. The van der Waals surface area contributed by atoms with Gasteiger partial charge in [0.1, 0.15) is 0 Å². The van der Waals surface area contributed by atoms with Gasteiger partial charge < -0.3 is 10.0 Å². The van der Waals surface area contributed by atoms with Crippen molar-refractivity contribution in [3.05, 3.63) is 33.8 Å². The van der Waals surface area contributed by atoms with E-state index in [9.17, 15) is 4.79 Å². The number of hydrogen-bond acceptors (Lipinski definition) is 3. The minimum absolute atomic E-state index is 0.0154. The lowest BCUT2D eigenvalue weighted by Crippen LogP contribution is -2.23. The fourth-order valence-electron chi connectivity index (χ4n) is 1.60. The molecule has 0 aliphatic heterocycles. The molecule has 100 valence electrons. The van der Waals surface area contributed by atoms with E-state index in [0.29, 0.717) is 35.0 Å². The van der Waals surface area contributed by atoms with Gasteiger partial charge in [-0.05, 0) is 25.6 Å². The number of carbonyl (C=O) groups excluding carboxylic acids is 1. The van der Waals surface area contributed by atoms with Crippen LogP contribution in [0.1, 0.15) is 23.2 Å². The highest BCUT2D eigenvalue weighted by Gasteiger charge is 2.13. The maximum atomic E-state index is 12.0. The molecule has 0 heterocycles. The van der Waals surface area contributed by atoms with Gasteiger partial charge in [-0.25, -0.2) is 0 Å². The van der Waals surface area contributed by atoms with Crippen LogP contribution in [0.15, 0.2) is 18.2 Å². The van der Waals surface area contributed by atoms with Gasteiger partial charge in [0.2, 0.25) is 0 Å². The summed E-state index contributed by atoms with van der Waals surface area (Å²) in [6.07, 6.45) is 1.10. The van der Waals surface area contributed by atoms with Crippen molar-refractivity contribution in [1.82, 2.24) is 4.90 Å². The highest BCUT2D eigenvalue weighted by molar-refractivity contribution is 6.43. The summed E-state index contributed by atoms with van der Waals surface area (Å²) in [5, 5.41) is 9.43. The minimum Gasteiger partial charge on any atom is -0.396 e. The van der Waals surface area contributed by atoms with E-state index in [0.717, 1.165) is 6.54 Å². The van der Waals surface area contributed by atoms with Crippen LogP contribution < -0.4 is 0 Å². The van der Waals surface area contributed by atoms with Crippen LogP contribution >= 0.6 is 23.2 Å². The first kappa shape index (κ1) is 15.4.